The maximum absolute atomic E-state index is 13.9. The van der Waals surface area contributed by atoms with Crippen molar-refractivity contribution in [2.75, 3.05) is 5.32 Å². The molecule has 3 aromatic carbocycles. The van der Waals surface area contributed by atoms with Crippen LogP contribution in [0.4, 0.5) is 14.5 Å². The zero-order valence-corrected chi connectivity index (χ0v) is 20.0. The first-order valence-corrected chi connectivity index (χ1v) is 12.2. The van der Waals surface area contributed by atoms with Crippen LogP contribution in [0.1, 0.15) is 28.9 Å². The van der Waals surface area contributed by atoms with Crippen LogP contribution in [0.2, 0.25) is 5.02 Å². The van der Waals surface area contributed by atoms with E-state index in [2.05, 4.69) is 9.88 Å². The fraction of sp³-hybridized carbons (Fsp3) is 0.138. The summed E-state index contributed by atoms with van der Waals surface area (Å²) in [6.45, 7) is 0.772. The molecular weight excluding hydrogens is 480 g/mol. The van der Waals surface area contributed by atoms with E-state index in [1.54, 1.807) is 42.5 Å². The molecule has 0 radical (unpaired) electrons. The molecule has 1 aliphatic heterocycles. The number of nitrogens with zero attached hydrogens (tertiary/aromatic N) is 2. The van der Waals surface area contributed by atoms with Gasteiger partial charge in [0, 0.05) is 23.9 Å². The Balaban J connectivity index is 1.62. The molecule has 0 aliphatic carbocycles. The molecule has 0 atom stereocenters. The van der Waals surface area contributed by atoms with Gasteiger partial charge in [-0.05, 0) is 78.9 Å². The van der Waals surface area contributed by atoms with E-state index in [1.807, 2.05) is 16.7 Å². The Kier molecular flexibility index (Phi) is 5.61. The lowest BCUT2D eigenvalue weighted by Gasteiger charge is -2.11. The molecule has 0 bridgehead atoms. The van der Waals surface area contributed by atoms with Gasteiger partial charge < -0.3 is 9.88 Å². The van der Waals surface area contributed by atoms with Crippen LogP contribution in [0.3, 0.4) is 0 Å². The van der Waals surface area contributed by atoms with E-state index in [4.69, 9.17) is 11.6 Å². The molecule has 1 aliphatic rings. The van der Waals surface area contributed by atoms with Crippen molar-refractivity contribution in [3.05, 3.63) is 107 Å². The molecule has 4 nitrogen and oxygen atoms in total. The van der Waals surface area contributed by atoms with Crippen molar-refractivity contribution in [3.63, 3.8) is 0 Å². The van der Waals surface area contributed by atoms with Gasteiger partial charge in [-0.15, -0.1) is 0 Å². The number of benzene rings is 3. The standard InChI is InChI=1S/C29H22ClF2N3O/c30-23-6-1-2-7-24(23)33-28(36)27-26(19-10-14-21(32)15-11-19)22-5-3-4-16-34-25(17-35(27)29(22)34)18-8-12-20(31)13-9-18/h1-2,6-15,17H,3-5,16H2,(H,33,36). The van der Waals surface area contributed by atoms with E-state index >= 15 is 0 Å². The minimum absolute atomic E-state index is 0.299. The number of halogens is 3. The lowest BCUT2D eigenvalue weighted by atomic mass is 9.97. The molecule has 2 aromatic heterocycles. The van der Waals surface area contributed by atoms with Crippen molar-refractivity contribution < 1.29 is 13.6 Å². The quantitative estimate of drug-likeness (QED) is 0.270. The van der Waals surface area contributed by atoms with Gasteiger partial charge in [-0.3, -0.25) is 9.20 Å². The molecule has 180 valence electrons. The van der Waals surface area contributed by atoms with Crippen molar-refractivity contribution in [2.45, 2.75) is 25.8 Å². The Hall–Kier alpha value is -3.90. The van der Waals surface area contributed by atoms with Gasteiger partial charge in [-0.25, -0.2) is 8.78 Å². The van der Waals surface area contributed by atoms with Crippen LogP contribution in [-0.4, -0.2) is 14.9 Å². The van der Waals surface area contributed by atoms with Crippen LogP contribution in [0.25, 0.3) is 28.0 Å². The topological polar surface area (TPSA) is 38.4 Å². The number of carbonyl (C=O) groups is 1. The van der Waals surface area contributed by atoms with Crippen LogP contribution in [0.15, 0.2) is 79.0 Å². The minimum Gasteiger partial charge on any atom is -0.325 e. The van der Waals surface area contributed by atoms with E-state index in [-0.39, 0.29) is 17.5 Å². The maximum Gasteiger partial charge on any atom is 0.273 e. The normalized spacial score (nSPS) is 13.1. The van der Waals surface area contributed by atoms with Gasteiger partial charge in [-0.1, -0.05) is 35.9 Å². The molecule has 1 amide bonds. The Morgan fingerprint density at radius 2 is 1.53 bits per heavy atom. The summed E-state index contributed by atoms with van der Waals surface area (Å²) in [4.78, 5) is 13.9. The summed E-state index contributed by atoms with van der Waals surface area (Å²) in [5, 5.41) is 3.40. The van der Waals surface area contributed by atoms with Crippen LogP contribution in [0, 0.1) is 11.6 Å². The number of amides is 1. The highest BCUT2D eigenvalue weighted by molar-refractivity contribution is 6.34. The first kappa shape index (κ1) is 22.6. The summed E-state index contributed by atoms with van der Waals surface area (Å²) in [5.74, 6) is -0.947. The van der Waals surface area contributed by atoms with Gasteiger partial charge in [0.2, 0.25) is 0 Å². The molecule has 0 fully saturated rings. The zero-order valence-electron chi connectivity index (χ0n) is 19.3. The molecule has 0 unspecified atom stereocenters. The highest BCUT2D eigenvalue weighted by Crippen LogP contribution is 2.40. The Morgan fingerprint density at radius 3 is 2.22 bits per heavy atom. The van der Waals surface area contributed by atoms with E-state index in [0.29, 0.717) is 16.4 Å². The number of nitrogens with one attached hydrogen (secondary N) is 1. The monoisotopic (exact) mass is 501 g/mol. The van der Waals surface area contributed by atoms with Gasteiger partial charge in [0.1, 0.15) is 23.0 Å². The van der Waals surface area contributed by atoms with Crippen LogP contribution >= 0.6 is 11.6 Å². The second-order valence-electron chi connectivity index (χ2n) is 8.97. The van der Waals surface area contributed by atoms with E-state index in [9.17, 15) is 13.6 Å². The SMILES string of the molecule is O=C(Nc1ccccc1Cl)c1c(-c2ccc(F)cc2)c2c3n(c(-c4ccc(F)cc4)cn13)CCCC2. The van der Waals surface area contributed by atoms with Crippen LogP contribution < -0.4 is 5.32 Å². The molecule has 36 heavy (non-hydrogen) atoms. The van der Waals surface area contributed by atoms with E-state index in [0.717, 1.165) is 59.4 Å². The van der Waals surface area contributed by atoms with Gasteiger partial charge in [0.05, 0.1) is 16.4 Å². The molecule has 0 saturated heterocycles. The predicted molar refractivity (Wildman–Crippen MR) is 139 cm³/mol. The van der Waals surface area contributed by atoms with Gasteiger partial charge in [0.15, 0.2) is 0 Å². The third kappa shape index (κ3) is 3.78. The molecule has 7 heteroatoms. The van der Waals surface area contributed by atoms with E-state index in [1.165, 1.54) is 24.3 Å². The molecule has 1 N–H and O–H groups in total. The molecule has 0 saturated carbocycles. The second kappa shape index (κ2) is 8.95. The van der Waals surface area contributed by atoms with Crippen molar-refractivity contribution in [1.29, 1.82) is 0 Å². The summed E-state index contributed by atoms with van der Waals surface area (Å²) < 4.78 is 31.6. The average Bonchev–Trinajstić information content (AvgIpc) is 3.29. The summed E-state index contributed by atoms with van der Waals surface area (Å²) >= 11 is 6.34. The molecule has 6 rings (SSSR count). The molecule has 5 aromatic rings. The summed E-state index contributed by atoms with van der Waals surface area (Å²) in [6, 6.07) is 19.7. The Morgan fingerprint density at radius 1 is 0.861 bits per heavy atom. The summed E-state index contributed by atoms with van der Waals surface area (Å²) in [7, 11) is 0. The van der Waals surface area contributed by atoms with Crippen molar-refractivity contribution >= 4 is 28.8 Å². The number of para-hydroxylation sites is 1. The van der Waals surface area contributed by atoms with Gasteiger partial charge >= 0.3 is 0 Å². The fourth-order valence-corrected chi connectivity index (χ4v) is 5.31. The molecular formula is C29H22ClF2N3O. The number of rotatable bonds is 4. The largest absolute Gasteiger partial charge is 0.325 e. The number of aromatic nitrogens is 2. The lowest BCUT2D eigenvalue weighted by Crippen LogP contribution is -2.15. The number of hydrogen-bond donors (Lipinski definition) is 1. The third-order valence-corrected chi connectivity index (χ3v) is 7.07. The maximum atomic E-state index is 13.9. The Labute approximate surface area is 211 Å². The van der Waals surface area contributed by atoms with Crippen LogP contribution in [0.5, 0.6) is 0 Å². The summed E-state index contributed by atoms with van der Waals surface area (Å²) in [6.07, 6.45) is 4.63. The lowest BCUT2D eigenvalue weighted by molar-refractivity contribution is 0.102. The van der Waals surface area contributed by atoms with Gasteiger partial charge in [0.25, 0.3) is 5.91 Å². The molecule has 0 spiro atoms. The average molecular weight is 502 g/mol. The number of hydrogen-bond acceptors (Lipinski definition) is 1. The highest BCUT2D eigenvalue weighted by Gasteiger charge is 2.29. The number of imidazole rings is 1. The second-order valence-corrected chi connectivity index (χ2v) is 9.37. The van der Waals surface area contributed by atoms with Crippen molar-refractivity contribution in [2.24, 2.45) is 0 Å². The molecule has 3 heterocycles. The van der Waals surface area contributed by atoms with E-state index < -0.39 is 0 Å². The van der Waals surface area contributed by atoms with Crippen molar-refractivity contribution in [3.8, 4) is 22.4 Å². The number of anilines is 1. The number of carbonyl (C=O) groups excluding carboxylic acids is 1. The zero-order chi connectivity index (χ0) is 24.8. The highest BCUT2D eigenvalue weighted by atomic mass is 35.5. The predicted octanol–water partition coefficient (Wildman–Crippen LogP) is 7.60. The third-order valence-electron chi connectivity index (χ3n) is 6.74. The first-order chi connectivity index (χ1) is 17.5. The first-order valence-electron chi connectivity index (χ1n) is 11.9. The Bertz CT molecular complexity index is 1600. The summed E-state index contributed by atoms with van der Waals surface area (Å²) in [5.41, 5.74) is 6.27. The smallest absolute Gasteiger partial charge is 0.273 e. The minimum atomic E-state index is -0.335. The number of aryl methyl sites for hydroxylation is 2. The van der Waals surface area contributed by atoms with Crippen molar-refractivity contribution in [1.82, 2.24) is 8.97 Å². The fourth-order valence-electron chi connectivity index (χ4n) is 5.13. The van der Waals surface area contributed by atoms with Crippen LogP contribution in [-0.2, 0) is 13.0 Å². The van der Waals surface area contributed by atoms with Gasteiger partial charge in [-0.2, -0.15) is 0 Å².